The number of nitrogens with one attached hydrogen (secondary N) is 2. The van der Waals surface area contributed by atoms with Gasteiger partial charge in [-0.15, -0.1) is 0 Å². The fraction of sp³-hybridized carbons (Fsp3) is 0.391. The SMILES string of the molecule is CC=CC=C(C)c1nc(C(=O)Nc2ccc(C3CCNCC3)cc2)c(CC)o1. The number of benzene rings is 1. The number of hydrogen-bond acceptors (Lipinski definition) is 4. The van der Waals surface area contributed by atoms with Gasteiger partial charge in [0.1, 0.15) is 5.76 Å². The van der Waals surface area contributed by atoms with Crippen LogP contribution in [0.15, 0.2) is 46.9 Å². The highest BCUT2D eigenvalue weighted by atomic mass is 16.4. The van der Waals surface area contributed by atoms with Crippen LogP contribution in [0.5, 0.6) is 0 Å². The summed E-state index contributed by atoms with van der Waals surface area (Å²) >= 11 is 0. The number of oxazole rings is 1. The Hall–Kier alpha value is -2.66. The predicted octanol–water partition coefficient (Wildman–Crippen LogP) is 4.94. The Kier molecular flexibility index (Phi) is 6.82. The van der Waals surface area contributed by atoms with Crippen LogP contribution < -0.4 is 10.6 Å². The van der Waals surface area contributed by atoms with Gasteiger partial charge >= 0.3 is 0 Å². The minimum atomic E-state index is -0.236. The number of amides is 1. The molecule has 0 radical (unpaired) electrons. The van der Waals surface area contributed by atoms with Gasteiger partial charge in [0.05, 0.1) is 0 Å². The van der Waals surface area contributed by atoms with Gasteiger partial charge in [0.15, 0.2) is 5.69 Å². The van der Waals surface area contributed by atoms with E-state index < -0.39 is 0 Å². The van der Waals surface area contributed by atoms with E-state index in [9.17, 15) is 4.79 Å². The average molecular weight is 380 g/mol. The zero-order valence-electron chi connectivity index (χ0n) is 16.9. The molecule has 0 saturated carbocycles. The van der Waals surface area contributed by atoms with E-state index in [-0.39, 0.29) is 5.91 Å². The molecule has 148 valence electrons. The molecule has 5 nitrogen and oxygen atoms in total. The maximum atomic E-state index is 12.8. The van der Waals surface area contributed by atoms with Crippen molar-refractivity contribution in [2.24, 2.45) is 0 Å². The second-order valence-electron chi connectivity index (χ2n) is 7.12. The first-order valence-corrected chi connectivity index (χ1v) is 10.0. The lowest BCUT2D eigenvalue weighted by atomic mass is 9.90. The lowest BCUT2D eigenvalue weighted by molar-refractivity contribution is 0.102. The van der Waals surface area contributed by atoms with Gasteiger partial charge in [-0.25, -0.2) is 4.98 Å². The van der Waals surface area contributed by atoms with Gasteiger partial charge in [-0.2, -0.15) is 0 Å². The van der Waals surface area contributed by atoms with Crippen LogP contribution in [-0.2, 0) is 6.42 Å². The summed E-state index contributed by atoms with van der Waals surface area (Å²) < 4.78 is 5.80. The fourth-order valence-electron chi connectivity index (χ4n) is 3.43. The largest absolute Gasteiger partial charge is 0.441 e. The van der Waals surface area contributed by atoms with Crippen LogP contribution in [0.3, 0.4) is 0 Å². The molecule has 2 aromatic rings. The molecule has 28 heavy (non-hydrogen) atoms. The molecule has 0 atom stereocenters. The Morgan fingerprint density at radius 1 is 1.29 bits per heavy atom. The van der Waals surface area contributed by atoms with E-state index >= 15 is 0 Å². The second-order valence-corrected chi connectivity index (χ2v) is 7.12. The van der Waals surface area contributed by atoms with Crippen LogP contribution in [-0.4, -0.2) is 24.0 Å². The van der Waals surface area contributed by atoms with E-state index in [2.05, 4.69) is 27.8 Å². The molecule has 1 saturated heterocycles. The van der Waals surface area contributed by atoms with E-state index in [1.54, 1.807) is 0 Å². The molecule has 1 aromatic heterocycles. The Bertz CT molecular complexity index is 856. The fourth-order valence-corrected chi connectivity index (χ4v) is 3.43. The van der Waals surface area contributed by atoms with Gasteiger partial charge in [0, 0.05) is 17.7 Å². The summed E-state index contributed by atoms with van der Waals surface area (Å²) in [5, 5.41) is 6.34. The Morgan fingerprint density at radius 3 is 2.64 bits per heavy atom. The summed E-state index contributed by atoms with van der Waals surface area (Å²) in [5.74, 6) is 1.46. The molecule has 3 rings (SSSR count). The molecule has 0 bridgehead atoms. The molecule has 1 fully saturated rings. The molecule has 1 aromatic carbocycles. The molecular formula is C23H29N3O2. The summed E-state index contributed by atoms with van der Waals surface area (Å²) in [4.78, 5) is 17.2. The van der Waals surface area contributed by atoms with Crippen molar-refractivity contribution in [3.05, 3.63) is 65.4 Å². The van der Waals surface area contributed by atoms with Crippen LogP contribution in [0.1, 0.15) is 67.2 Å². The summed E-state index contributed by atoms with van der Waals surface area (Å²) in [6.45, 7) is 7.97. The molecule has 0 spiro atoms. The van der Waals surface area contributed by atoms with Gasteiger partial charge in [-0.05, 0) is 63.4 Å². The monoisotopic (exact) mass is 379 g/mol. The Labute approximate surface area is 166 Å². The zero-order valence-corrected chi connectivity index (χ0v) is 16.9. The van der Waals surface area contributed by atoms with E-state index in [0.717, 1.165) is 37.2 Å². The maximum Gasteiger partial charge on any atom is 0.277 e. The number of carbonyl (C=O) groups is 1. The minimum Gasteiger partial charge on any atom is -0.441 e. The van der Waals surface area contributed by atoms with Crippen LogP contribution in [0.4, 0.5) is 5.69 Å². The molecular weight excluding hydrogens is 350 g/mol. The number of allylic oxidation sites excluding steroid dienone is 4. The molecule has 2 heterocycles. The average Bonchev–Trinajstić information content (AvgIpc) is 3.18. The van der Waals surface area contributed by atoms with E-state index in [0.29, 0.717) is 29.7 Å². The van der Waals surface area contributed by atoms with Crippen molar-refractivity contribution < 1.29 is 9.21 Å². The van der Waals surface area contributed by atoms with Gasteiger partial charge < -0.3 is 15.1 Å². The van der Waals surface area contributed by atoms with Crippen molar-refractivity contribution in [2.75, 3.05) is 18.4 Å². The number of hydrogen-bond donors (Lipinski definition) is 2. The molecule has 1 aliphatic heterocycles. The number of carbonyl (C=O) groups excluding carboxylic acids is 1. The third kappa shape index (κ3) is 4.78. The number of aromatic nitrogens is 1. The van der Waals surface area contributed by atoms with Gasteiger partial charge in [-0.1, -0.05) is 37.3 Å². The van der Waals surface area contributed by atoms with Crippen molar-refractivity contribution in [1.29, 1.82) is 0 Å². The van der Waals surface area contributed by atoms with Crippen molar-refractivity contribution in [2.45, 2.75) is 46.0 Å². The first kappa shape index (κ1) is 20.1. The topological polar surface area (TPSA) is 67.2 Å². The van der Waals surface area contributed by atoms with Crippen molar-refractivity contribution in [3.63, 3.8) is 0 Å². The summed E-state index contributed by atoms with van der Waals surface area (Å²) in [5.41, 5.74) is 3.35. The highest BCUT2D eigenvalue weighted by Crippen LogP contribution is 2.26. The van der Waals surface area contributed by atoms with E-state index in [4.69, 9.17) is 4.42 Å². The normalized spacial score (nSPS) is 15.9. The van der Waals surface area contributed by atoms with Crippen molar-refractivity contribution in [3.8, 4) is 0 Å². The van der Waals surface area contributed by atoms with Crippen LogP contribution in [0.2, 0.25) is 0 Å². The number of rotatable bonds is 6. The number of anilines is 1. The van der Waals surface area contributed by atoms with Crippen molar-refractivity contribution >= 4 is 17.2 Å². The van der Waals surface area contributed by atoms with Crippen molar-refractivity contribution in [1.82, 2.24) is 10.3 Å². The van der Waals surface area contributed by atoms with Crippen LogP contribution in [0, 0.1) is 0 Å². The highest BCUT2D eigenvalue weighted by molar-refractivity contribution is 6.03. The summed E-state index contributed by atoms with van der Waals surface area (Å²) in [6.07, 6.45) is 8.72. The van der Waals surface area contributed by atoms with Gasteiger partial charge in [-0.3, -0.25) is 4.79 Å². The Morgan fingerprint density at radius 2 is 2.00 bits per heavy atom. The predicted molar refractivity (Wildman–Crippen MR) is 114 cm³/mol. The van der Waals surface area contributed by atoms with Gasteiger partial charge in [0.25, 0.3) is 5.91 Å². The lowest BCUT2D eigenvalue weighted by Crippen LogP contribution is -2.26. The first-order valence-electron chi connectivity index (χ1n) is 10.0. The molecule has 1 aliphatic rings. The molecule has 0 unspecified atom stereocenters. The smallest absolute Gasteiger partial charge is 0.277 e. The Balaban J connectivity index is 1.72. The van der Waals surface area contributed by atoms with Crippen LogP contribution >= 0.6 is 0 Å². The minimum absolute atomic E-state index is 0.236. The maximum absolute atomic E-state index is 12.8. The van der Waals surface area contributed by atoms with Gasteiger partial charge in [0.2, 0.25) is 5.89 Å². The lowest BCUT2D eigenvalue weighted by Gasteiger charge is -2.23. The molecule has 1 amide bonds. The quantitative estimate of drug-likeness (QED) is 0.698. The first-order chi connectivity index (χ1) is 13.6. The van der Waals surface area contributed by atoms with Crippen LogP contribution in [0.25, 0.3) is 5.57 Å². The molecule has 0 aliphatic carbocycles. The molecule has 2 N–H and O–H groups in total. The third-order valence-corrected chi connectivity index (χ3v) is 5.09. The number of aryl methyl sites for hydroxylation is 1. The molecule has 5 heteroatoms. The second kappa shape index (κ2) is 9.51. The summed E-state index contributed by atoms with van der Waals surface area (Å²) in [6, 6.07) is 8.17. The highest BCUT2D eigenvalue weighted by Gasteiger charge is 2.20. The third-order valence-electron chi connectivity index (χ3n) is 5.09. The number of piperidine rings is 1. The zero-order chi connectivity index (χ0) is 19.9. The van der Waals surface area contributed by atoms with E-state index in [1.165, 1.54) is 5.56 Å². The van der Waals surface area contributed by atoms with E-state index in [1.807, 2.05) is 51.1 Å². The standard InChI is InChI=1S/C23H29N3O2/c1-4-6-7-16(3)23-26-21(20(5-2)28-23)22(27)25-19-10-8-17(9-11-19)18-12-14-24-15-13-18/h4,6-11,18,24H,5,12-15H2,1-3H3,(H,25,27). The number of nitrogens with zero attached hydrogens (tertiary/aromatic N) is 1. The summed E-state index contributed by atoms with van der Waals surface area (Å²) in [7, 11) is 0.